The topological polar surface area (TPSA) is 42.9 Å². The second-order valence-electron chi connectivity index (χ2n) is 3.88. The van der Waals surface area contributed by atoms with E-state index in [0.29, 0.717) is 22.4 Å². The molecule has 0 aliphatic rings. The molecule has 0 fully saturated rings. The summed E-state index contributed by atoms with van der Waals surface area (Å²) in [7, 11) is 3.35. The van der Waals surface area contributed by atoms with Gasteiger partial charge < -0.3 is 0 Å². The molecule has 1 aromatic heterocycles. The molecule has 3 nitrogen and oxygen atoms in total. The minimum atomic E-state index is 0.498. The standard InChI is InChI=1S/C13H11N2OSi/c1-8-4-3-5-10(6-8)12-14-9(2)11(7-16)13(17)15-12/h3-7H,1-2H3. The van der Waals surface area contributed by atoms with Gasteiger partial charge in [0.1, 0.15) is 10.2 Å². The molecule has 1 aromatic carbocycles. The van der Waals surface area contributed by atoms with Crippen molar-refractivity contribution in [1.29, 1.82) is 0 Å². The van der Waals surface area contributed by atoms with Crippen molar-refractivity contribution >= 4 is 21.8 Å². The number of rotatable bonds is 2. The monoisotopic (exact) mass is 239 g/mol. The van der Waals surface area contributed by atoms with Crippen LogP contribution in [-0.2, 0) is 0 Å². The Hall–Kier alpha value is -1.81. The molecule has 0 saturated heterocycles. The maximum Gasteiger partial charge on any atom is 0.159 e. The molecule has 4 heteroatoms. The lowest BCUT2D eigenvalue weighted by atomic mass is 10.1. The summed E-state index contributed by atoms with van der Waals surface area (Å²) in [6.45, 7) is 3.82. The zero-order chi connectivity index (χ0) is 12.4. The SMILES string of the molecule is Cc1cccc(-c2nc(C)c(C=O)c([Si])n2)c1. The maximum atomic E-state index is 10.8. The Balaban J connectivity index is 2.58. The van der Waals surface area contributed by atoms with E-state index in [1.54, 1.807) is 6.92 Å². The Morgan fingerprint density at radius 1 is 1.24 bits per heavy atom. The van der Waals surface area contributed by atoms with Gasteiger partial charge in [0.2, 0.25) is 0 Å². The molecule has 0 N–H and O–H groups in total. The second kappa shape index (κ2) is 4.59. The van der Waals surface area contributed by atoms with Gasteiger partial charge in [-0.3, -0.25) is 4.79 Å². The fourth-order valence-corrected chi connectivity index (χ4v) is 1.98. The summed E-state index contributed by atoms with van der Waals surface area (Å²) < 4.78 is 0. The molecule has 17 heavy (non-hydrogen) atoms. The van der Waals surface area contributed by atoms with Crippen LogP contribution in [0.4, 0.5) is 0 Å². The van der Waals surface area contributed by atoms with Crippen LogP contribution in [0.3, 0.4) is 0 Å². The van der Waals surface area contributed by atoms with Crippen LogP contribution in [0.1, 0.15) is 21.6 Å². The Labute approximate surface area is 103 Å². The molecule has 3 radical (unpaired) electrons. The van der Waals surface area contributed by atoms with Crippen molar-refractivity contribution in [2.45, 2.75) is 13.8 Å². The minimum absolute atomic E-state index is 0.498. The zero-order valence-electron chi connectivity index (χ0n) is 9.69. The fraction of sp³-hybridized carbons (Fsp3) is 0.154. The lowest BCUT2D eigenvalue weighted by Crippen LogP contribution is -2.19. The number of carbonyl (C=O) groups is 1. The van der Waals surface area contributed by atoms with Crippen LogP contribution in [-0.4, -0.2) is 26.5 Å². The Kier molecular flexibility index (Phi) is 3.15. The summed E-state index contributed by atoms with van der Waals surface area (Å²) >= 11 is 0. The molecule has 2 aromatic rings. The van der Waals surface area contributed by atoms with Gasteiger partial charge in [0, 0.05) is 10.9 Å². The van der Waals surface area contributed by atoms with Crippen LogP contribution in [0.15, 0.2) is 24.3 Å². The van der Waals surface area contributed by atoms with Crippen molar-refractivity contribution in [3.05, 3.63) is 41.1 Å². The molecule has 0 saturated carbocycles. The van der Waals surface area contributed by atoms with Gasteiger partial charge in [-0.2, -0.15) is 0 Å². The number of hydrogen-bond donors (Lipinski definition) is 0. The van der Waals surface area contributed by atoms with Crippen LogP contribution in [0.5, 0.6) is 0 Å². The summed E-state index contributed by atoms with van der Waals surface area (Å²) in [6, 6.07) is 7.95. The lowest BCUT2D eigenvalue weighted by molar-refractivity contribution is 0.112. The average molecular weight is 239 g/mol. The number of nitrogens with zero attached hydrogens (tertiary/aromatic N) is 2. The number of carbonyl (C=O) groups excluding carboxylic acids is 1. The normalized spacial score (nSPS) is 10.3. The number of aldehydes is 1. The van der Waals surface area contributed by atoms with Gasteiger partial charge in [-0.05, 0) is 19.9 Å². The van der Waals surface area contributed by atoms with E-state index >= 15 is 0 Å². The van der Waals surface area contributed by atoms with Gasteiger partial charge in [-0.1, -0.05) is 23.8 Å². The maximum absolute atomic E-state index is 10.8. The zero-order valence-corrected chi connectivity index (χ0v) is 10.7. The van der Waals surface area contributed by atoms with E-state index in [9.17, 15) is 4.79 Å². The van der Waals surface area contributed by atoms with E-state index in [1.807, 2.05) is 31.2 Å². The third-order valence-corrected chi connectivity index (χ3v) is 2.91. The molecule has 0 unspecified atom stereocenters. The van der Waals surface area contributed by atoms with Crippen LogP contribution in [0, 0.1) is 13.8 Å². The van der Waals surface area contributed by atoms with Gasteiger partial charge in [-0.15, -0.1) is 0 Å². The first-order valence-corrected chi connectivity index (χ1v) is 5.74. The summed E-state index contributed by atoms with van der Waals surface area (Å²) in [5, 5.41) is 0.531. The molecular formula is C13H11N2OSi. The predicted octanol–water partition coefficient (Wildman–Crippen LogP) is 1.37. The Bertz CT molecular complexity index is 558. The third-order valence-electron chi connectivity index (χ3n) is 2.53. The molecule has 0 spiro atoms. The first kappa shape index (κ1) is 11.7. The highest BCUT2D eigenvalue weighted by Gasteiger charge is 2.08. The lowest BCUT2D eigenvalue weighted by Gasteiger charge is -2.07. The average Bonchev–Trinajstić information content (AvgIpc) is 2.28. The van der Waals surface area contributed by atoms with Gasteiger partial charge in [0.15, 0.2) is 12.1 Å². The van der Waals surface area contributed by atoms with E-state index in [1.165, 1.54) is 0 Å². The summed E-state index contributed by atoms with van der Waals surface area (Å²) in [4.78, 5) is 19.5. The van der Waals surface area contributed by atoms with E-state index in [2.05, 4.69) is 20.2 Å². The van der Waals surface area contributed by atoms with Crippen molar-refractivity contribution in [2.75, 3.05) is 0 Å². The van der Waals surface area contributed by atoms with Crippen molar-refractivity contribution in [2.24, 2.45) is 0 Å². The van der Waals surface area contributed by atoms with E-state index in [0.717, 1.165) is 17.4 Å². The molecular weight excluding hydrogens is 228 g/mol. The number of hydrogen-bond acceptors (Lipinski definition) is 3. The quantitative estimate of drug-likeness (QED) is 0.587. The second-order valence-corrected chi connectivity index (χ2v) is 4.36. The molecule has 0 aliphatic carbocycles. The van der Waals surface area contributed by atoms with Crippen molar-refractivity contribution in [1.82, 2.24) is 9.97 Å². The molecule has 0 amide bonds. The highest BCUT2D eigenvalue weighted by atomic mass is 28.1. The van der Waals surface area contributed by atoms with Crippen molar-refractivity contribution in [3.63, 3.8) is 0 Å². The smallest absolute Gasteiger partial charge is 0.159 e. The van der Waals surface area contributed by atoms with Gasteiger partial charge >= 0.3 is 0 Å². The molecule has 1 heterocycles. The Morgan fingerprint density at radius 2 is 2.00 bits per heavy atom. The van der Waals surface area contributed by atoms with Gasteiger partial charge in [-0.25, -0.2) is 9.97 Å². The van der Waals surface area contributed by atoms with Crippen LogP contribution < -0.4 is 5.32 Å². The fourth-order valence-electron chi connectivity index (χ4n) is 1.64. The highest BCUT2D eigenvalue weighted by molar-refractivity contribution is 6.34. The molecule has 2 rings (SSSR count). The molecule has 0 atom stereocenters. The predicted molar refractivity (Wildman–Crippen MR) is 67.7 cm³/mol. The first-order chi connectivity index (χ1) is 8.11. The minimum Gasteiger partial charge on any atom is -0.298 e. The molecule has 0 aliphatic heterocycles. The number of benzene rings is 1. The number of aromatic nitrogens is 2. The van der Waals surface area contributed by atoms with Crippen LogP contribution in [0.25, 0.3) is 11.4 Å². The largest absolute Gasteiger partial charge is 0.298 e. The molecule has 0 bridgehead atoms. The Morgan fingerprint density at radius 3 is 2.59 bits per heavy atom. The summed E-state index contributed by atoms with van der Waals surface area (Å²) in [5.41, 5.74) is 3.28. The first-order valence-electron chi connectivity index (χ1n) is 5.24. The van der Waals surface area contributed by atoms with Crippen molar-refractivity contribution in [3.8, 4) is 11.4 Å². The van der Waals surface area contributed by atoms with Gasteiger partial charge in [0.25, 0.3) is 0 Å². The van der Waals surface area contributed by atoms with E-state index < -0.39 is 0 Å². The summed E-state index contributed by atoms with van der Waals surface area (Å²) in [5.74, 6) is 0.627. The van der Waals surface area contributed by atoms with E-state index in [4.69, 9.17) is 0 Å². The van der Waals surface area contributed by atoms with Crippen LogP contribution >= 0.6 is 0 Å². The van der Waals surface area contributed by atoms with Gasteiger partial charge in [0.05, 0.1) is 11.3 Å². The third kappa shape index (κ3) is 2.31. The number of aryl methyl sites for hydroxylation is 2. The summed E-state index contributed by atoms with van der Waals surface area (Å²) in [6.07, 6.45) is 0.762. The van der Waals surface area contributed by atoms with Crippen LogP contribution in [0.2, 0.25) is 0 Å². The van der Waals surface area contributed by atoms with E-state index in [-0.39, 0.29) is 0 Å². The molecule has 83 valence electrons. The highest BCUT2D eigenvalue weighted by Crippen LogP contribution is 2.16. The van der Waals surface area contributed by atoms with Crippen molar-refractivity contribution < 1.29 is 4.79 Å².